The van der Waals surface area contributed by atoms with Crippen LogP contribution in [0.2, 0.25) is 0 Å². The van der Waals surface area contributed by atoms with Crippen LogP contribution in [-0.2, 0) is 13.0 Å². The highest BCUT2D eigenvalue weighted by Gasteiger charge is 2.09. The van der Waals surface area contributed by atoms with Crippen molar-refractivity contribution in [3.05, 3.63) is 34.3 Å². The van der Waals surface area contributed by atoms with E-state index in [4.69, 9.17) is 16.7 Å². The van der Waals surface area contributed by atoms with Crippen LogP contribution >= 0.6 is 12.2 Å². The lowest BCUT2D eigenvalue weighted by Gasteiger charge is -2.01. The number of rotatable bonds is 3. The third-order valence-electron chi connectivity index (χ3n) is 3.00. The van der Waals surface area contributed by atoms with Gasteiger partial charge in [-0.2, -0.15) is 4.98 Å². The minimum absolute atomic E-state index is 0.575. The molecule has 98 valence electrons. The van der Waals surface area contributed by atoms with Crippen molar-refractivity contribution in [2.45, 2.75) is 26.8 Å². The summed E-state index contributed by atoms with van der Waals surface area (Å²) < 4.78 is 7.58. The number of aryl methyl sites for hydroxylation is 4. The van der Waals surface area contributed by atoms with Crippen molar-refractivity contribution < 1.29 is 4.52 Å². The average Bonchev–Trinajstić information content (AvgIpc) is 2.92. The highest BCUT2D eigenvalue weighted by Crippen LogP contribution is 2.15. The summed E-state index contributed by atoms with van der Waals surface area (Å²) in [5, 5.41) is 3.88. The van der Waals surface area contributed by atoms with Crippen LogP contribution in [0, 0.1) is 18.6 Å². The molecule has 0 saturated carbocycles. The van der Waals surface area contributed by atoms with Crippen molar-refractivity contribution >= 4 is 23.4 Å². The fourth-order valence-electron chi connectivity index (χ4n) is 2.04. The van der Waals surface area contributed by atoms with Crippen molar-refractivity contribution in [2.24, 2.45) is 0 Å². The van der Waals surface area contributed by atoms with Crippen LogP contribution < -0.4 is 0 Å². The molecule has 7 heteroatoms. The van der Waals surface area contributed by atoms with E-state index in [-0.39, 0.29) is 0 Å². The van der Waals surface area contributed by atoms with Gasteiger partial charge in [0.25, 0.3) is 0 Å². The Morgan fingerprint density at radius 3 is 3.00 bits per heavy atom. The highest BCUT2D eigenvalue weighted by atomic mass is 32.1. The molecule has 3 aromatic heterocycles. The van der Waals surface area contributed by atoms with Gasteiger partial charge in [0.15, 0.2) is 16.2 Å². The van der Waals surface area contributed by atoms with E-state index in [9.17, 15) is 0 Å². The fraction of sp³-hybridized carbons (Fsp3) is 0.333. The van der Waals surface area contributed by atoms with E-state index in [1.165, 1.54) is 0 Å². The number of aromatic amines is 1. The number of H-pyrrole nitrogens is 1. The van der Waals surface area contributed by atoms with Crippen LogP contribution in [0.4, 0.5) is 0 Å². The van der Waals surface area contributed by atoms with E-state index in [2.05, 4.69) is 20.1 Å². The van der Waals surface area contributed by atoms with Crippen molar-refractivity contribution in [3.8, 4) is 0 Å². The summed E-state index contributed by atoms with van der Waals surface area (Å²) in [5.41, 5.74) is 2.98. The maximum Gasteiger partial charge on any atom is 0.223 e. The zero-order valence-corrected chi connectivity index (χ0v) is 11.5. The maximum atomic E-state index is 5.34. The van der Waals surface area contributed by atoms with E-state index in [0.717, 1.165) is 16.7 Å². The lowest BCUT2D eigenvalue weighted by molar-refractivity contribution is 0.386. The molecule has 0 aromatic carbocycles. The molecule has 3 aromatic rings. The molecule has 0 aliphatic heterocycles. The van der Waals surface area contributed by atoms with Crippen molar-refractivity contribution in [1.29, 1.82) is 0 Å². The lowest BCUT2D eigenvalue weighted by Crippen LogP contribution is -2.03. The van der Waals surface area contributed by atoms with E-state index in [1.54, 1.807) is 13.1 Å². The van der Waals surface area contributed by atoms with Gasteiger partial charge in [0, 0.05) is 26.1 Å². The Bertz CT molecular complexity index is 785. The van der Waals surface area contributed by atoms with Crippen molar-refractivity contribution in [2.75, 3.05) is 0 Å². The quantitative estimate of drug-likeness (QED) is 0.743. The Hall–Kier alpha value is -2.02. The number of fused-ring (bicyclic) bond motifs is 1. The fourth-order valence-corrected chi connectivity index (χ4v) is 2.32. The Morgan fingerprint density at radius 1 is 1.42 bits per heavy atom. The number of imidazole rings is 1. The van der Waals surface area contributed by atoms with Gasteiger partial charge in [-0.1, -0.05) is 5.16 Å². The SMILES string of the molecule is Cc1nc(CCn2c(=S)[nH]c3c(C)ccnc32)no1. The summed E-state index contributed by atoms with van der Waals surface area (Å²) >= 11 is 5.34. The molecule has 19 heavy (non-hydrogen) atoms. The lowest BCUT2D eigenvalue weighted by atomic mass is 10.3. The highest BCUT2D eigenvalue weighted by molar-refractivity contribution is 7.71. The number of hydrogen-bond acceptors (Lipinski definition) is 5. The Kier molecular flexibility index (Phi) is 2.90. The summed E-state index contributed by atoms with van der Waals surface area (Å²) in [5.74, 6) is 1.26. The van der Waals surface area contributed by atoms with E-state index < -0.39 is 0 Å². The average molecular weight is 275 g/mol. The second kappa shape index (κ2) is 4.58. The minimum Gasteiger partial charge on any atom is -0.340 e. The van der Waals surface area contributed by atoms with Crippen LogP contribution in [0.3, 0.4) is 0 Å². The standard InChI is InChI=1S/C12H13N5OS/c1-7-3-5-13-11-10(7)15-12(19)17(11)6-4-9-14-8(2)18-16-9/h3,5H,4,6H2,1-2H3,(H,15,19). The maximum absolute atomic E-state index is 5.34. The summed E-state index contributed by atoms with van der Waals surface area (Å²) in [6.07, 6.45) is 2.45. The van der Waals surface area contributed by atoms with Crippen LogP contribution in [0.25, 0.3) is 11.2 Å². The largest absolute Gasteiger partial charge is 0.340 e. The van der Waals surface area contributed by atoms with Crippen molar-refractivity contribution in [3.63, 3.8) is 0 Å². The number of hydrogen-bond donors (Lipinski definition) is 1. The zero-order chi connectivity index (χ0) is 13.4. The number of nitrogens with zero attached hydrogens (tertiary/aromatic N) is 4. The number of nitrogens with one attached hydrogen (secondary N) is 1. The summed E-state index contributed by atoms with van der Waals surface area (Å²) in [7, 11) is 0. The van der Waals surface area contributed by atoms with Gasteiger partial charge in [-0.15, -0.1) is 0 Å². The Balaban J connectivity index is 1.95. The van der Waals surface area contributed by atoms with E-state index in [0.29, 0.717) is 29.5 Å². The first-order valence-electron chi connectivity index (χ1n) is 5.98. The third kappa shape index (κ3) is 2.17. The molecule has 6 nitrogen and oxygen atoms in total. The molecule has 1 N–H and O–H groups in total. The van der Waals surface area contributed by atoms with Gasteiger partial charge in [0.2, 0.25) is 5.89 Å². The monoisotopic (exact) mass is 275 g/mol. The first kappa shape index (κ1) is 12.0. The molecule has 0 spiro atoms. The smallest absolute Gasteiger partial charge is 0.223 e. The molecule has 0 fully saturated rings. The van der Waals surface area contributed by atoms with Gasteiger partial charge in [0.1, 0.15) is 0 Å². The van der Waals surface area contributed by atoms with Crippen LogP contribution in [0.1, 0.15) is 17.3 Å². The van der Waals surface area contributed by atoms with E-state index >= 15 is 0 Å². The molecule has 0 atom stereocenters. The molecule has 0 aliphatic rings. The van der Waals surface area contributed by atoms with Gasteiger partial charge >= 0.3 is 0 Å². The summed E-state index contributed by atoms with van der Waals surface area (Å²) in [4.78, 5) is 11.8. The first-order chi connectivity index (χ1) is 9.15. The van der Waals surface area contributed by atoms with E-state index in [1.807, 2.05) is 17.6 Å². The second-order valence-electron chi connectivity index (χ2n) is 4.39. The van der Waals surface area contributed by atoms with Gasteiger partial charge in [0.05, 0.1) is 5.52 Å². The zero-order valence-electron chi connectivity index (χ0n) is 10.7. The van der Waals surface area contributed by atoms with Gasteiger partial charge in [-0.05, 0) is 30.8 Å². The molecule has 0 radical (unpaired) electrons. The first-order valence-corrected chi connectivity index (χ1v) is 6.39. The molecule has 0 aliphatic carbocycles. The molecule has 0 unspecified atom stereocenters. The predicted octanol–water partition coefficient (Wildman–Crippen LogP) is 2.34. The second-order valence-corrected chi connectivity index (χ2v) is 4.77. The van der Waals surface area contributed by atoms with Crippen LogP contribution in [0.15, 0.2) is 16.8 Å². The molecule has 0 saturated heterocycles. The molecule has 3 rings (SSSR count). The van der Waals surface area contributed by atoms with Crippen LogP contribution in [-0.4, -0.2) is 24.7 Å². The summed E-state index contributed by atoms with van der Waals surface area (Å²) in [6, 6.07) is 1.96. The molecular weight excluding hydrogens is 262 g/mol. The topological polar surface area (TPSA) is 72.5 Å². The normalized spacial score (nSPS) is 11.3. The van der Waals surface area contributed by atoms with Gasteiger partial charge in [-0.3, -0.25) is 0 Å². The Morgan fingerprint density at radius 2 is 2.26 bits per heavy atom. The number of pyridine rings is 1. The number of aromatic nitrogens is 5. The molecule has 0 amide bonds. The van der Waals surface area contributed by atoms with Crippen molar-refractivity contribution in [1.82, 2.24) is 24.7 Å². The molecule has 0 bridgehead atoms. The molecular formula is C12H13N5OS. The molecule has 3 heterocycles. The van der Waals surface area contributed by atoms with Gasteiger partial charge < -0.3 is 14.1 Å². The third-order valence-corrected chi connectivity index (χ3v) is 3.32. The summed E-state index contributed by atoms with van der Waals surface area (Å²) in [6.45, 7) is 4.48. The minimum atomic E-state index is 0.575. The predicted molar refractivity (Wildman–Crippen MR) is 72.4 cm³/mol. The Labute approximate surface area is 114 Å². The van der Waals surface area contributed by atoms with Crippen LogP contribution in [0.5, 0.6) is 0 Å². The van der Waals surface area contributed by atoms with Gasteiger partial charge in [-0.25, -0.2) is 4.98 Å².